The fourth-order valence-corrected chi connectivity index (χ4v) is 4.50. The Hall–Kier alpha value is -1.58. The maximum Gasteiger partial charge on any atom is 0.0830 e. The number of nitrogens with zero attached hydrogens (tertiary/aromatic N) is 1. The molecule has 2 N–H and O–H groups in total. The highest BCUT2D eigenvalue weighted by Crippen LogP contribution is 2.43. The van der Waals surface area contributed by atoms with E-state index in [-0.39, 0.29) is 13.2 Å². The molecule has 0 aliphatic heterocycles. The van der Waals surface area contributed by atoms with Crippen LogP contribution < -0.4 is 4.90 Å². The van der Waals surface area contributed by atoms with E-state index in [2.05, 4.69) is 23.1 Å². The molecule has 2 aliphatic rings. The van der Waals surface area contributed by atoms with E-state index in [1.807, 2.05) is 14.0 Å². The molecular weight excluding hydrogens is 298 g/mol. The molecule has 0 spiro atoms. The summed E-state index contributed by atoms with van der Waals surface area (Å²) in [4.78, 5) is 2.11. The summed E-state index contributed by atoms with van der Waals surface area (Å²) in [5.74, 6) is 0. The summed E-state index contributed by atoms with van der Waals surface area (Å²) in [6, 6.07) is 7.00. The van der Waals surface area contributed by atoms with E-state index >= 15 is 0 Å². The zero-order valence-corrected chi connectivity index (χ0v) is 14.7. The molecule has 0 bridgehead atoms. The van der Waals surface area contributed by atoms with Gasteiger partial charge in [0.25, 0.3) is 0 Å². The van der Waals surface area contributed by atoms with Gasteiger partial charge >= 0.3 is 0 Å². The summed E-state index contributed by atoms with van der Waals surface area (Å²) in [6.45, 7) is 1.81. The largest absolute Gasteiger partial charge is 0.394 e. The van der Waals surface area contributed by atoms with Gasteiger partial charge in [-0.2, -0.15) is 0 Å². The summed E-state index contributed by atoms with van der Waals surface area (Å²) in [5.41, 5.74) is 6.39. The molecule has 4 rings (SSSR count). The zero-order valence-electron chi connectivity index (χ0n) is 14.7. The van der Waals surface area contributed by atoms with Crippen LogP contribution in [0.25, 0.3) is 10.8 Å². The molecule has 2 aromatic rings. The SMILES string of the molecule is CN(c1cc2c3c(ccc4c3c1CCC4)CCC2)C(C)(CO)CO. The van der Waals surface area contributed by atoms with Crippen LogP contribution in [-0.4, -0.2) is 36.0 Å². The van der Waals surface area contributed by atoms with Crippen LogP contribution in [0.3, 0.4) is 0 Å². The molecule has 0 heterocycles. The number of benzene rings is 2. The minimum atomic E-state index is -0.638. The first kappa shape index (κ1) is 15.9. The minimum absolute atomic E-state index is 0.0558. The van der Waals surface area contributed by atoms with E-state index in [9.17, 15) is 10.2 Å². The molecule has 0 unspecified atom stereocenters. The summed E-state index contributed by atoms with van der Waals surface area (Å²) >= 11 is 0. The van der Waals surface area contributed by atoms with Crippen LogP contribution in [0.4, 0.5) is 5.69 Å². The number of hydrogen-bond donors (Lipinski definition) is 2. The van der Waals surface area contributed by atoms with Crippen LogP contribution in [0.5, 0.6) is 0 Å². The first-order chi connectivity index (χ1) is 11.6. The second-order valence-electron chi connectivity index (χ2n) is 7.75. The number of aliphatic hydroxyl groups is 2. The number of likely N-dealkylation sites (N-methyl/N-ethyl adjacent to an activating group) is 1. The lowest BCUT2D eigenvalue weighted by Crippen LogP contribution is -2.50. The molecule has 0 saturated carbocycles. The van der Waals surface area contributed by atoms with Gasteiger partial charge in [0.05, 0.1) is 18.8 Å². The van der Waals surface area contributed by atoms with Crippen molar-refractivity contribution < 1.29 is 10.2 Å². The summed E-state index contributed by atoms with van der Waals surface area (Å²) in [6.07, 6.45) is 6.94. The van der Waals surface area contributed by atoms with Crippen LogP contribution in [0, 0.1) is 0 Å². The molecule has 2 aliphatic carbocycles. The Morgan fingerprint density at radius 3 is 2.17 bits per heavy atom. The van der Waals surface area contributed by atoms with Gasteiger partial charge in [0.15, 0.2) is 0 Å². The van der Waals surface area contributed by atoms with Crippen molar-refractivity contribution in [2.45, 2.75) is 51.0 Å². The fourth-order valence-electron chi connectivity index (χ4n) is 4.50. The van der Waals surface area contributed by atoms with Gasteiger partial charge in [-0.05, 0) is 84.5 Å². The van der Waals surface area contributed by atoms with Gasteiger partial charge in [-0.3, -0.25) is 0 Å². The van der Waals surface area contributed by atoms with Crippen molar-refractivity contribution in [3.63, 3.8) is 0 Å². The average Bonchev–Trinajstić information content (AvgIpc) is 2.64. The Morgan fingerprint density at radius 2 is 1.50 bits per heavy atom. The van der Waals surface area contributed by atoms with Crippen LogP contribution >= 0.6 is 0 Å². The van der Waals surface area contributed by atoms with Gasteiger partial charge in [0, 0.05) is 12.7 Å². The van der Waals surface area contributed by atoms with E-state index in [0.29, 0.717) is 0 Å². The molecule has 128 valence electrons. The van der Waals surface area contributed by atoms with Gasteiger partial charge in [-0.1, -0.05) is 12.1 Å². The fraction of sp³-hybridized carbons (Fsp3) is 0.524. The molecule has 0 atom stereocenters. The molecule has 0 aromatic heterocycles. The minimum Gasteiger partial charge on any atom is -0.394 e. The van der Waals surface area contributed by atoms with Crippen molar-refractivity contribution in [1.82, 2.24) is 0 Å². The highest BCUT2D eigenvalue weighted by Gasteiger charge is 2.32. The molecule has 0 radical (unpaired) electrons. The molecule has 3 heteroatoms. The second kappa shape index (κ2) is 5.75. The topological polar surface area (TPSA) is 43.7 Å². The van der Waals surface area contributed by atoms with E-state index < -0.39 is 5.54 Å². The maximum absolute atomic E-state index is 9.84. The Labute approximate surface area is 143 Å². The van der Waals surface area contributed by atoms with Crippen molar-refractivity contribution in [1.29, 1.82) is 0 Å². The smallest absolute Gasteiger partial charge is 0.0830 e. The summed E-state index contributed by atoms with van der Waals surface area (Å²) in [7, 11) is 2.01. The Bertz CT molecular complexity index is 792. The lowest BCUT2D eigenvalue weighted by Gasteiger charge is -2.40. The Balaban J connectivity index is 2.00. The highest BCUT2D eigenvalue weighted by molar-refractivity contribution is 5.99. The zero-order chi connectivity index (χ0) is 16.9. The third kappa shape index (κ3) is 2.18. The summed E-state index contributed by atoms with van der Waals surface area (Å²) in [5, 5.41) is 22.7. The number of aryl methyl sites for hydroxylation is 4. The first-order valence-corrected chi connectivity index (χ1v) is 9.14. The number of anilines is 1. The van der Waals surface area contributed by atoms with Crippen LogP contribution in [0.1, 0.15) is 42.0 Å². The number of hydrogen-bond acceptors (Lipinski definition) is 3. The highest BCUT2D eigenvalue weighted by atomic mass is 16.3. The number of rotatable bonds is 4. The second-order valence-corrected chi connectivity index (χ2v) is 7.75. The Kier molecular flexibility index (Phi) is 3.81. The van der Waals surface area contributed by atoms with E-state index in [0.717, 1.165) is 19.3 Å². The van der Waals surface area contributed by atoms with E-state index in [4.69, 9.17) is 0 Å². The van der Waals surface area contributed by atoms with Crippen LogP contribution in [0.15, 0.2) is 18.2 Å². The van der Waals surface area contributed by atoms with Crippen molar-refractivity contribution in [3.05, 3.63) is 40.5 Å². The molecular formula is C21H27NO2. The quantitative estimate of drug-likeness (QED) is 0.908. The van der Waals surface area contributed by atoms with Gasteiger partial charge in [0.1, 0.15) is 0 Å². The average molecular weight is 325 g/mol. The predicted octanol–water partition coefficient (Wildman–Crippen LogP) is 3.00. The van der Waals surface area contributed by atoms with Gasteiger partial charge < -0.3 is 15.1 Å². The normalized spacial score (nSPS) is 16.5. The molecule has 0 amide bonds. The van der Waals surface area contributed by atoms with Gasteiger partial charge in [-0.25, -0.2) is 0 Å². The first-order valence-electron chi connectivity index (χ1n) is 9.14. The molecule has 0 fully saturated rings. The Morgan fingerprint density at radius 1 is 0.917 bits per heavy atom. The van der Waals surface area contributed by atoms with Crippen molar-refractivity contribution in [3.8, 4) is 0 Å². The molecule has 2 aromatic carbocycles. The lowest BCUT2D eigenvalue weighted by atomic mass is 9.79. The molecule has 24 heavy (non-hydrogen) atoms. The van der Waals surface area contributed by atoms with Crippen molar-refractivity contribution >= 4 is 16.5 Å². The third-order valence-electron chi connectivity index (χ3n) is 6.24. The maximum atomic E-state index is 9.84. The van der Waals surface area contributed by atoms with Gasteiger partial charge in [-0.15, -0.1) is 0 Å². The lowest BCUT2D eigenvalue weighted by molar-refractivity contribution is 0.129. The van der Waals surface area contributed by atoms with E-state index in [1.54, 1.807) is 0 Å². The monoisotopic (exact) mass is 325 g/mol. The summed E-state index contributed by atoms with van der Waals surface area (Å²) < 4.78 is 0. The van der Waals surface area contributed by atoms with Crippen LogP contribution in [0.2, 0.25) is 0 Å². The third-order valence-corrected chi connectivity index (χ3v) is 6.24. The standard InChI is InChI=1S/C21H27NO2/c1-21(12-23,13-24)22(2)18-11-16-7-3-5-14-9-10-15-6-4-8-17(18)20(15)19(14)16/h9-11,23-24H,3-8,12-13H2,1-2H3. The van der Waals surface area contributed by atoms with E-state index in [1.165, 1.54) is 58.0 Å². The number of aliphatic hydroxyl groups excluding tert-OH is 2. The van der Waals surface area contributed by atoms with Crippen LogP contribution in [-0.2, 0) is 25.7 Å². The van der Waals surface area contributed by atoms with Gasteiger partial charge in [0.2, 0.25) is 0 Å². The van der Waals surface area contributed by atoms with Crippen molar-refractivity contribution in [2.75, 3.05) is 25.2 Å². The van der Waals surface area contributed by atoms with Crippen molar-refractivity contribution in [2.24, 2.45) is 0 Å². The molecule has 0 saturated heterocycles. The molecule has 3 nitrogen and oxygen atoms in total. The predicted molar refractivity (Wildman–Crippen MR) is 99.0 cm³/mol.